The normalized spacial score (nSPS) is 17.1. The third kappa shape index (κ3) is 5.19. The van der Waals surface area contributed by atoms with Gasteiger partial charge in [0.1, 0.15) is 0 Å². The SMILES string of the molecule is CCC.CCC.O=S1(=O)N[C@@H](c2ccccc2)c2ccccc21. The lowest BCUT2D eigenvalue weighted by atomic mass is 10.00. The van der Waals surface area contributed by atoms with E-state index in [1.54, 1.807) is 12.1 Å². The van der Waals surface area contributed by atoms with Crippen molar-refractivity contribution < 1.29 is 8.42 Å². The third-order valence-electron chi connectivity index (χ3n) is 2.93. The van der Waals surface area contributed by atoms with E-state index in [4.69, 9.17) is 0 Å². The zero-order valence-electron chi connectivity index (χ0n) is 14.4. The Kier molecular flexibility index (Phi) is 8.00. The van der Waals surface area contributed by atoms with Gasteiger partial charge < -0.3 is 0 Å². The smallest absolute Gasteiger partial charge is 0.207 e. The highest BCUT2D eigenvalue weighted by atomic mass is 32.2. The average molecular weight is 333 g/mol. The van der Waals surface area contributed by atoms with E-state index in [0.29, 0.717) is 4.90 Å². The molecule has 2 aromatic carbocycles. The van der Waals surface area contributed by atoms with Gasteiger partial charge in [0, 0.05) is 0 Å². The van der Waals surface area contributed by atoms with Gasteiger partial charge in [0.15, 0.2) is 0 Å². The number of rotatable bonds is 1. The van der Waals surface area contributed by atoms with Crippen LogP contribution in [0.15, 0.2) is 59.5 Å². The van der Waals surface area contributed by atoms with Crippen molar-refractivity contribution in [1.82, 2.24) is 4.72 Å². The Morgan fingerprint density at radius 2 is 1.30 bits per heavy atom. The van der Waals surface area contributed by atoms with Gasteiger partial charge in [-0.2, -0.15) is 4.72 Å². The molecule has 3 nitrogen and oxygen atoms in total. The molecule has 0 bridgehead atoms. The minimum atomic E-state index is -3.35. The molecular formula is C19H27NO2S. The Balaban J connectivity index is 0.000000387. The minimum Gasteiger partial charge on any atom is -0.207 e. The van der Waals surface area contributed by atoms with E-state index in [9.17, 15) is 8.42 Å². The first kappa shape index (κ1) is 19.4. The Morgan fingerprint density at radius 1 is 0.826 bits per heavy atom. The summed E-state index contributed by atoms with van der Waals surface area (Å²) in [6.45, 7) is 8.50. The zero-order valence-corrected chi connectivity index (χ0v) is 15.2. The fourth-order valence-corrected chi connectivity index (χ4v) is 3.59. The van der Waals surface area contributed by atoms with Crippen molar-refractivity contribution in [3.8, 4) is 0 Å². The van der Waals surface area contributed by atoms with Gasteiger partial charge in [0.2, 0.25) is 10.0 Å². The summed E-state index contributed by atoms with van der Waals surface area (Å²) >= 11 is 0. The van der Waals surface area contributed by atoms with E-state index >= 15 is 0 Å². The lowest BCUT2D eigenvalue weighted by Crippen LogP contribution is -2.20. The second kappa shape index (κ2) is 9.48. The van der Waals surface area contributed by atoms with E-state index in [2.05, 4.69) is 32.4 Å². The fourth-order valence-electron chi connectivity index (χ4n) is 2.14. The summed E-state index contributed by atoms with van der Waals surface area (Å²) in [7, 11) is -3.35. The third-order valence-corrected chi connectivity index (χ3v) is 4.42. The molecule has 1 N–H and O–H groups in total. The topological polar surface area (TPSA) is 46.2 Å². The second-order valence-corrected chi connectivity index (χ2v) is 7.10. The maximum atomic E-state index is 11.9. The number of nitrogens with one attached hydrogen (secondary N) is 1. The molecule has 0 fully saturated rings. The molecule has 1 atom stereocenters. The quantitative estimate of drug-likeness (QED) is 0.806. The highest BCUT2D eigenvalue weighted by molar-refractivity contribution is 7.89. The van der Waals surface area contributed by atoms with Crippen LogP contribution in [0.4, 0.5) is 0 Å². The van der Waals surface area contributed by atoms with Gasteiger partial charge in [-0.15, -0.1) is 0 Å². The van der Waals surface area contributed by atoms with Crippen molar-refractivity contribution in [2.75, 3.05) is 0 Å². The van der Waals surface area contributed by atoms with Crippen LogP contribution in [0, 0.1) is 0 Å². The summed E-state index contributed by atoms with van der Waals surface area (Å²) < 4.78 is 26.5. The molecule has 0 radical (unpaired) electrons. The first-order valence-corrected chi connectivity index (χ1v) is 9.66. The van der Waals surface area contributed by atoms with Gasteiger partial charge in [0.05, 0.1) is 10.9 Å². The zero-order chi connectivity index (χ0) is 17.3. The summed E-state index contributed by atoms with van der Waals surface area (Å²) in [4.78, 5) is 0.383. The summed E-state index contributed by atoms with van der Waals surface area (Å²) in [6, 6.07) is 16.4. The summed E-state index contributed by atoms with van der Waals surface area (Å²) in [6.07, 6.45) is 2.50. The Morgan fingerprint density at radius 3 is 1.87 bits per heavy atom. The highest BCUT2D eigenvalue weighted by Gasteiger charge is 2.34. The minimum absolute atomic E-state index is 0.266. The molecule has 1 aliphatic heterocycles. The van der Waals surface area contributed by atoms with Crippen LogP contribution in [-0.4, -0.2) is 8.42 Å². The molecule has 4 heteroatoms. The molecule has 23 heavy (non-hydrogen) atoms. The monoisotopic (exact) mass is 333 g/mol. The van der Waals surface area contributed by atoms with Gasteiger partial charge in [-0.1, -0.05) is 89.1 Å². The van der Waals surface area contributed by atoms with Crippen LogP contribution in [0.1, 0.15) is 57.7 Å². The Hall–Kier alpha value is -1.65. The fraction of sp³-hybridized carbons (Fsp3) is 0.368. The molecule has 0 saturated carbocycles. The highest BCUT2D eigenvalue weighted by Crippen LogP contribution is 2.34. The largest absolute Gasteiger partial charge is 0.241 e. The lowest BCUT2D eigenvalue weighted by molar-refractivity contribution is 0.585. The predicted octanol–water partition coefficient (Wildman–Crippen LogP) is 4.90. The molecule has 0 spiro atoms. The number of fused-ring (bicyclic) bond motifs is 1. The predicted molar refractivity (Wildman–Crippen MR) is 97.0 cm³/mol. The van der Waals surface area contributed by atoms with Gasteiger partial charge in [0.25, 0.3) is 0 Å². The van der Waals surface area contributed by atoms with Crippen molar-refractivity contribution in [1.29, 1.82) is 0 Å². The van der Waals surface area contributed by atoms with Crippen molar-refractivity contribution >= 4 is 10.0 Å². The maximum Gasteiger partial charge on any atom is 0.241 e. The summed E-state index contributed by atoms with van der Waals surface area (Å²) in [5, 5.41) is 0. The van der Waals surface area contributed by atoms with Gasteiger partial charge in [-0.25, -0.2) is 8.42 Å². The van der Waals surface area contributed by atoms with E-state index in [0.717, 1.165) is 11.1 Å². The number of sulfonamides is 1. The van der Waals surface area contributed by atoms with E-state index in [1.807, 2.05) is 42.5 Å². The van der Waals surface area contributed by atoms with Crippen LogP contribution in [0.5, 0.6) is 0 Å². The molecule has 1 heterocycles. The van der Waals surface area contributed by atoms with Crippen LogP contribution in [0.25, 0.3) is 0 Å². The van der Waals surface area contributed by atoms with Gasteiger partial charge in [-0.05, 0) is 17.2 Å². The molecule has 126 valence electrons. The van der Waals surface area contributed by atoms with Gasteiger partial charge in [-0.3, -0.25) is 0 Å². The van der Waals surface area contributed by atoms with Crippen molar-refractivity contribution in [2.45, 2.75) is 51.5 Å². The maximum absolute atomic E-state index is 11.9. The Bertz CT molecular complexity index is 680. The first-order valence-electron chi connectivity index (χ1n) is 8.17. The van der Waals surface area contributed by atoms with E-state index < -0.39 is 10.0 Å². The van der Waals surface area contributed by atoms with Crippen LogP contribution in [-0.2, 0) is 10.0 Å². The molecule has 2 aromatic rings. The average Bonchev–Trinajstić information content (AvgIpc) is 2.82. The molecule has 3 rings (SSSR count). The number of hydrogen-bond acceptors (Lipinski definition) is 2. The Labute approximate surface area is 140 Å². The summed E-state index contributed by atoms with van der Waals surface area (Å²) in [5.41, 5.74) is 1.78. The van der Waals surface area contributed by atoms with Crippen molar-refractivity contribution in [2.24, 2.45) is 0 Å². The van der Waals surface area contributed by atoms with Crippen LogP contribution in [0.2, 0.25) is 0 Å². The number of hydrogen-bond donors (Lipinski definition) is 1. The molecular weight excluding hydrogens is 306 g/mol. The van der Waals surface area contributed by atoms with Crippen LogP contribution < -0.4 is 4.72 Å². The van der Waals surface area contributed by atoms with E-state index in [-0.39, 0.29) is 6.04 Å². The molecule has 1 aliphatic rings. The van der Waals surface area contributed by atoms with Crippen LogP contribution in [0.3, 0.4) is 0 Å². The lowest BCUT2D eigenvalue weighted by Gasteiger charge is -2.10. The standard InChI is InChI=1S/C13H11NO2S.2C3H8/c15-17(16)12-9-5-4-8-11(12)13(14-17)10-6-2-1-3-7-10;2*1-3-2/h1-9,13-14H;2*3H2,1-2H3/t13-;;/m0../s1. The van der Waals surface area contributed by atoms with Crippen molar-refractivity contribution in [3.05, 3.63) is 65.7 Å². The van der Waals surface area contributed by atoms with Crippen LogP contribution >= 0.6 is 0 Å². The van der Waals surface area contributed by atoms with E-state index in [1.165, 1.54) is 12.8 Å². The molecule has 0 amide bonds. The van der Waals surface area contributed by atoms with Gasteiger partial charge >= 0.3 is 0 Å². The molecule has 0 unspecified atom stereocenters. The second-order valence-electron chi connectivity index (χ2n) is 5.42. The summed E-state index contributed by atoms with van der Waals surface area (Å²) in [5.74, 6) is 0. The van der Waals surface area contributed by atoms with Crippen molar-refractivity contribution in [3.63, 3.8) is 0 Å². The molecule has 0 saturated heterocycles. The molecule has 0 aliphatic carbocycles. The molecule has 0 aromatic heterocycles. The number of benzene rings is 2. The first-order chi connectivity index (χ1) is 11.0.